The fourth-order valence-corrected chi connectivity index (χ4v) is 4.26. The lowest BCUT2D eigenvalue weighted by molar-refractivity contribution is -0.134. The number of hydrogen-bond acceptors (Lipinski definition) is 5. The standard InChI is InChI=1S/C15H21N3O4S/c1-23(20,21)18-7-4-14-13(10-18)12(5-8-22-14)15(19)17-11-3-2-6-16-9-11/h2-3,6,9,12-14H,4-5,7-8,10H2,1H3,(H,17,19)/t12-,13+,14-/m0/s1. The lowest BCUT2D eigenvalue weighted by Gasteiger charge is -2.43. The van der Waals surface area contributed by atoms with Crippen LogP contribution in [0, 0.1) is 11.8 Å². The molecular weight excluding hydrogens is 318 g/mol. The second kappa shape index (κ2) is 6.54. The largest absolute Gasteiger partial charge is 0.378 e. The van der Waals surface area contributed by atoms with E-state index in [1.807, 2.05) is 0 Å². The van der Waals surface area contributed by atoms with E-state index in [1.165, 1.54) is 10.6 Å². The number of nitrogens with zero attached hydrogens (tertiary/aromatic N) is 2. The highest BCUT2D eigenvalue weighted by Gasteiger charge is 2.43. The van der Waals surface area contributed by atoms with E-state index in [1.54, 1.807) is 24.5 Å². The molecule has 1 N–H and O–H groups in total. The van der Waals surface area contributed by atoms with Crippen molar-refractivity contribution in [2.24, 2.45) is 11.8 Å². The quantitative estimate of drug-likeness (QED) is 0.876. The predicted molar refractivity (Wildman–Crippen MR) is 85.2 cm³/mol. The molecule has 2 fully saturated rings. The number of pyridine rings is 1. The predicted octanol–water partition coefficient (Wildman–Crippen LogP) is 0.707. The summed E-state index contributed by atoms with van der Waals surface area (Å²) in [5.41, 5.74) is 0.649. The first-order chi connectivity index (χ1) is 10.9. The molecule has 0 aliphatic carbocycles. The van der Waals surface area contributed by atoms with Crippen LogP contribution in [0.1, 0.15) is 12.8 Å². The molecule has 8 heteroatoms. The Balaban J connectivity index is 1.74. The van der Waals surface area contributed by atoms with Gasteiger partial charge in [0.15, 0.2) is 0 Å². The molecule has 0 spiro atoms. The zero-order valence-corrected chi connectivity index (χ0v) is 13.8. The van der Waals surface area contributed by atoms with Gasteiger partial charge in [-0.05, 0) is 25.0 Å². The SMILES string of the molecule is CS(=O)(=O)N1CC[C@@H]2OCC[C@H](C(=O)Nc3cccnc3)[C@H]2C1. The molecule has 0 radical (unpaired) electrons. The summed E-state index contributed by atoms with van der Waals surface area (Å²) >= 11 is 0. The van der Waals surface area contributed by atoms with Crippen LogP contribution in [0.4, 0.5) is 5.69 Å². The van der Waals surface area contributed by atoms with Gasteiger partial charge in [0.1, 0.15) is 0 Å². The van der Waals surface area contributed by atoms with Crippen molar-refractivity contribution < 1.29 is 17.9 Å². The normalized spacial score (nSPS) is 28.8. The van der Waals surface area contributed by atoms with E-state index in [4.69, 9.17) is 4.74 Å². The summed E-state index contributed by atoms with van der Waals surface area (Å²) in [5, 5.41) is 2.87. The Morgan fingerprint density at radius 2 is 2.26 bits per heavy atom. The molecule has 0 unspecified atom stereocenters. The van der Waals surface area contributed by atoms with Gasteiger partial charge in [0.25, 0.3) is 0 Å². The Kier molecular flexibility index (Phi) is 4.65. The first-order valence-electron chi connectivity index (χ1n) is 7.73. The van der Waals surface area contributed by atoms with Crippen LogP contribution in [0.3, 0.4) is 0 Å². The minimum atomic E-state index is -3.25. The van der Waals surface area contributed by atoms with Crippen LogP contribution in [0.2, 0.25) is 0 Å². The van der Waals surface area contributed by atoms with E-state index in [0.717, 1.165) is 0 Å². The number of carbonyl (C=O) groups is 1. The number of nitrogens with one attached hydrogen (secondary N) is 1. The van der Waals surface area contributed by atoms with Gasteiger partial charge in [0.05, 0.1) is 24.2 Å². The van der Waals surface area contributed by atoms with Crippen molar-refractivity contribution in [2.45, 2.75) is 18.9 Å². The number of ether oxygens (including phenoxy) is 1. The Labute approximate surface area is 136 Å². The summed E-state index contributed by atoms with van der Waals surface area (Å²) in [4.78, 5) is 16.6. The van der Waals surface area contributed by atoms with Crippen molar-refractivity contribution >= 4 is 21.6 Å². The molecule has 23 heavy (non-hydrogen) atoms. The maximum Gasteiger partial charge on any atom is 0.228 e. The van der Waals surface area contributed by atoms with Crippen molar-refractivity contribution in [3.63, 3.8) is 0 Å². The monoisotopic (exact) mass is 339 g/mol. The lowest BCUT2D eigenvalue weighted by atomic mass is 9.79. The van der Waals surface area contributed by atoms with Gasteiger partial charge < -0.3 is 10.1 Å². The third-order valence-electron chi connectivity index (χ3n) is 4.57. The molecule has 1 aromatic rings. The smallest absolute Gasteiger partial charge is 0.228 e. The minimum absolute atomic E-state index is 0.0496. The van der Waals surface area contributed by atoms with Gasteiger partial charge in [-0.3, -0.25) is 9.78 Å². The molecule has 2 aliphatic rings. The summed E-state index contributed by atoms with van der Waals surface area (Å²) in [6, 6.07) is 3.54. The third-order valence-corrected chi connectivity index (χ3v) is 5.84. The summed E-state index contributed by atoms with van der Waals surface area (Å²) in [7, 11) is -3.25. The number of carbonyl (C=O) groups excluding carboxylic acids is 1. The van der Waals surface area contributed by atoms with Gasteiger partial charge in [-0.15, -0.1) is 0 Å². The van der Waals surface area contributed by atoms with Crippen molar-refractivity contribution in [3.8, 4) is 0 Å². The summed E-state index contributed by atoms with van der Waals surface area (Å²) in [6.07, 6.45) is 5.64. The van der Waals surface area contributed by atoms with Crippen molar-refractivity contribution in [1.29, 1.82) is 0 Å². The van der Waals surface area contributed by atoms with Gasteiger partial charge in [0.2, 0.25) is 15.9 Å². The van der Waals surface area contributed by atoms with Crippen LogP contribution in [-0.2, 0) is 19.6 Å². The van der Waals surface area contributed by atoms with Gasteiger partial charge >= 0.3 is 0 Å². The Morgan fingerprint density at radius 3 is 2.96 bits per heavy atom. The van der Waals surface area contributed by atoms with E-state index in [-0.39, 0.29) is 23.8 Å². The van der Waals surface area contributed by atoms with Crippen LogP contribution in [-0.4, -0.2) is 55.7 Å². The van der Waals surface area contributed by atoms with E-state index in [2.05, 4.69) is 10.3 Å². The van der Waals surface area contributed by atoms with Crippen LogP contribution in [0.15, 0.2) is 24.5 Å². The lowest BCUT2D eigenvalue weighted by Crippen LogP contribution is -2.53. The molecule has 1 aromatic heterocycles. The number of anilines is 1. The van der Waals surface area contributed by atoms with Gasteiger partial charge in [-0.1, -0.05) is 0 Å². The van der Waals surface area contributed by atoms with E-state index >= 15 is 0 Å². The van der Waals surface area contributed by atoms with E-state index in [9.17, 15) is 13.2 Å². The van der Waals surface area contributed by atoms with E-state index < -0.39 is 10.0 Å². The summed E-state index contributed by atoms with van der Waals surface area (Å²) in [6.45, 7) is 1.33. The summed E-state index contributed by atoms with van der Waals surface area (Å²) < 4.78 is 30.8. The Hall–Kier alpha value is -1.51. The molecule has 7 nitrogen and oxygen atoms in total. The summed E-state index contributed by atoms with van der Waals surface area (Å²) in [5.74, 6) is -0.450. The zero-order valence-electron chi connectivity index (χ0n) is 13.0. The second-order valence-corrected chi connectivity index (χ2v) is 8.09. The van der Waals surface area contributed by atoms with Crippen LogP contribution in [0.25, 0.3) is 0 Å². The number of fused-ring (bicyclic) bond motifs is 1. The molecule has 0 bridgehead atoms. The fraction of sp³-hybridized carbons (Fsp3) is 0.600. The maximum atomic E-state index is 12.6. The minimum Gasteiger partial charge on any atom is -0.378 e. The first-order valence-corrected chi connectivity index (χ1v) is 9.57. The molecule has 3 heterocycles. The highest BCUT2D eigenvalue weighted by molar-refractivity contribution is 7.88. The average molecular weight is 339 g/mol. The Bertz CT molecular complexity index is 665. The molecule has 0 aromatic carbocycles. The van der Waals surface area contributed by atoms with Gasteiger partial charge in [0, 0.05) is 37.7 Å². The molecule has 3 rings (SSSR count). The number of piperidine rings is 1. The number of hydrogen-bond donors (Lipinski definition) is 1. The second-order valence-electron chi connectivity index (χ2n) is 6.11. The fourth-order valence-electron chi connectivity index (χ4n) is 3.38. The molecule has 3 atom stereocenters. The van der Waals surface area contributed by atoms with Crippen LogP contribution >= 0.6 is 0 Å². The molecule has 1 amide bonds. The highest BCUT2D eigenvalue weighted by Crippen LogP contribution is 2.34. The van der Waals surface area contributed by atoms with Gasteiger partial charge in [-0.2, -0.15) is 0 Å². The molecule has 2 aliphatic heterocycles. The number of rotatable bonds is 3. The molecule has 2 saturated heterocycles. The van der Waals surface area contributed by atoms with Crippen molar-refractivity contribution in [3.05, 3.63) is 24.5 Å². The number of amides is 1. The number of sulfonamides is 1. The Morgan fingerprint density at radius 1 is 1.43 bits per heavy atom. The maximum absolute atomic E-state index is 12.6. The van der Waals surface area contributed by atoms with Crippen LogP contribution < -0.4 is 5.32 Å². The van der Waals surface area contributed by atoms with Crippen LogP contribution in [0.5, 0.6) is 0 Å². The molecule has 126 valence electrons. The molecular formula is C15H21N3O4S. The van der Waals surface area contributed by atoms with E-state index in [0.29, 0.717) is 38.2 Å². The average Bonchev–Trinajstić information content (AvgIpc) is 2.54. The van der Waals surface area contributed by atoms with Crippen molar-refractivity contribution in [2.75, 3.05) is 31.3 Å². The first kappa shape index (κ1) is 16.4. The van der Waals surface area contributed by atoms with Crippen molar-refractivity contribution in [1.82, 2.24) is 9.29 Å². The number of aromatic nitrogens is 1. The highest BCUT2D eigenvalue weighted by atomic mass is 32.2. The topological polar surface area (TPSA) is 88.6 Å². The third kappa shape index (κ3) is 3.70. The van der Waals surface area contributed by atoms with Gasteiger partial charge in [-0.25, -0.2) is 12.7 Å². The molecule has 0 saturated carbocycles. The zero-order chi connectivity index (χ0) is 16.4.